The highest BCUT2D eigenvalue weighted by Gasteiger charge is 2.51. The van der Waals surface area contributed by atoms with Gasteiger partial charge in [0.2, 0.25) is 11.6 Å². The summed E-state index contributed by atoms with van der Waals surface area (Å²) in [5.74, 6) is -6.72. The summed E-state index contributed by atoms with van der Waals surface area (Å²) < 4.78 is 67.5. The van der Waals surface area contributed by atoms with Gasteiger partial charge >= 0.3 is 11.9 Å². The molecular formula is C32H32F3N3O6. The molecule has 9 nitrogen and oxygen atoms in total. The molecule has 0 N–H and O–H groups in total. The standard InChI is InChI=1S/C32H32F3N3O6/c1-4-41-30(39)32(31(40)42-5-2)15-13-22(14-16-32)38(3)27-25(33)28(35)37-29(26(27)34)44-24-17-21(18-36)11-12-23(24)43-19-20-9-7-6-8-10-20/h6-12,17,22H,4-5,13-16,19H2,1-3H3. The molecule has 0 saturated heterocycles. The van der Waals surface area contributed by atoms with Gasteiger partial charge in [0.25, 0.3) is 11.8 Å². The molecule has 1 saturated carbocycles. The molecule has 0 spiro atoms. The second-order valence-electron chi connectivity index (χ2n) is 10.2. The third-order valence-corrected chi connectivity index (χ3v) is 7.54. The first-order valence-corrected chi connectivity index (χ1v) is 14.2. The van der Waals surface area contributed by atoms with Gasteiger partial charge in [0.05, 0.1) is 24.8 Å². The number of halogens is 3. The maximum absolute atomic E-state index is 15.9. The zero-order valence-corrected chi connectivity index (χ0v) is 24.6. The molecule has 0 aliphatic heterocycles. The zero-order chi connectivity index (χ0) is 31.9. The number of nitriles is 1. The van der Waals surface area contributed by atoms with Gasteiger partial charge in [0.15, 0.2) is 16.9 Å². The molecule has 1 aliphatic rings. The zero-order valence-electron chi connectivity index (χ0n) is 24.6. The Balaban J connectivity index is 1.60. The SMILES string of the molecule is CCOC(=O)C1(C(=O)OCC)CCC(N(C)c2c(F)c(F)nc(Oc3cc(C#N)ccc3OCc3ccccc3)c2F)CC1. The molecule has 0 amide bonds. The molecule has 0 unspecified atom stereocenters. The molecule has 232 valence electrons. The molecule has 1 fully saturated rings. The number of rotatable bonds is 11. The molecular weight excluding hydrogens is 579 g/mol. The number of anilines is 1. The predicted molar refractivity (Wildman–Crippen MR) is 152 cm³/mol. The summed E-state index contributed by atoms with van der Waals surface area (Å²) >= 11 is 0. The van der Waals surface area contributed by atoms with Gasteiger partial charge < -0.3 is 23.8 Å². The molecule has 0 atom stereocenters. The van der Waals surface area contributed by atoms with Crippen LogP contribution in [-0.2, 0) is 25.7 Å². The Morgan fingerprint density at radius 2 is 1.61 bits per heavy atom. The van der Waals surface area contributed by atoms with Crippen molar-refractivity contribution in [3.8, 4) is 23.4 Å². The largest absolute Gasteiger partial charge is 0.485 e. The Morgan fingerprint density at radius 3 is 2.20 bits per heavy atom. The van der Waals surface area contributed by atoms with E-state index in [1.807, 2.05) is 36.4 Å². The lowest BCUT2D eigenvalue weighted by Gasteiger charge is -2.40. The molecule has 44 heavy (non-hydrogen) atoms. The number of esters is 2. The fourth-order valence-corrected chi connectivity index (χ4v) is 5.17. The van der Waals surface area contributed by atoms with Crippen LogP contribution in [0.1, 0.15) is 50.7 Å². The Kier molecular flexibility index (Phi) is 10.3. The van der Waals surface area contributed by atoms with E-state index in [1.165, 1.54) is 30.1 Å². The molecule has 1 aromatic heterocycles. The minimum Gasteiger partial charge on any atom is -0.485 e. The summed E-state index contributed by atoms with van der Waals surface area (Å²) in [7, 11) is 1.38. The lowest BCUT2D eigenvalue weighted by Crippen LogP contribution is -2.48. The second-order valence-corrected chi connectivity index (χ2v) is 10.2. The van der Waals surface area contributed by atoms with Crippen LogP contribution in [0.15, 0.2) is 48.5 Å². The van der Waals surface area contributed by atoms with Crippen LogP contribution < -0.4 is 14.4 Å². The number of ether oxygens (including phenoxy) is 4. The van der Waals surface area contributed by atoms with Gasteiger partial charge in [-0.25, -0.2) is 0 Å². The highest BCUT2D eigenvalue weighted by Crippen LogP contribution is 2.43. The van der Waals surface area contributed by atoms with E-state index in [2.05, 4.69) is 4.98 Å². The maximum Gasteiger partial charge on any atom is 0.323 e. The van der Waals surface area contributed by atoms with Crippen molar-refractivity contribution in [1.82, 2.24) is 4.98 Å². The van der Waals surface area contributed by atoms with E-state index in [0.29, 0.717) is 0 Å². The molecule has 12 heteroatoms. The van der Waals surface area contributed by atoms with Crippen molar-refractivity contribution in [3.63, 3.8) is 0 Å². The van der Waals surface area contributed by atoms with E-state index in [1.54, 1.807) is 13.8 Å². The van der Waals surface area contributed by atoms with Gasteiger partial charge in [-0.1, -0.05) is 30.3 Å². The van der Waals surface area contributed by atoms with Gasteiger partial charge in [-0.3, -0.25) is 9.59 Å². The Hall–Kier alpha value is -4.79. The summed E-state index contributed by atoms with van der Waals surface area (Å²) in [6.45, 7) is 3.48. The monoisotopic (exact) mass is 611 g/mol. The minimum absolute atomic E-state index is 0.00288. The van der Waals surface area contributed by atoms with E-state index < -0.39 is 52.5 Å². The highest BCUT2D eigenvalue weighted by atomic mass is 19.2. The molecule has 3 aromatic rings. The van der Waals surface area contributed by atoms with E-state index in [9.17, 15) is 19.2 Å². The summed E-state index contributed by atoms with van der Waals surface area (Å²) in [6.07, 6.45) is 0.301. The smallest absolute Gasteiger partial charge is 0.323 e. The minimum atomic E-state index is -1.60. The van der Waals surface area contributed by atoms with E-state index in [4.69, 9.17) is 18.9 Å². The summed E-state index contributed by atoms with van der Waals surface area (Å²) in [4.78, 5) is 30.1. The number of carbonyl (C=O) groups is 2. The Morgan fingerprint density at radius 1 is 0.977 bits per heavy atom. The van der Waals surface area contributed by atoms with Crippen LogP contribution in [0.3, 0.4) is 0 Å². The van der Waals surface area contributed by atoms with Crippen molar-refractivity contribution in [1.29, 1.82) is 5.26 Å². The van der Waals surface area contributed by atoms with E-state index >= 15 is 8.78 Å². The average molecular weight is 612 g/mol. The topological polar surface area (TPSA) is 111 Å². The van der Waals surface area contributed by atoms with Crippen molar-refractivity contribution >= 4 is 17.6 Å². The maximum atomic E-state index is 15.9. The predicted octanol–water partition coefficient (Wildman–Crippen LogP) is 6.23. The third kappa shape index (κ3) is 6.72. The van der Waals surface area contributed by atoms with E-state index in [-0.39, 0.29) is 62.6 Å². The Bertz CT molecular complexity index is 1520. The Labute approximate surface area is 253 Å². The summed E-state index contributed by atoms with van der Waals surface area (Å²) in [5, 5.41) is 9.38. The molecule has 2 aromatic carbocycles. The van der Waals surface area contributed by atoms with Crippen LogP contribution in [0.4, 0.5) is 18.9 Å². The fraction of sp³-hybridized carbons (Fsp3) is 0.375. The van der Waals surface area contributed by atoms with Crippen molar-refractivity contribution in [2.24, 2.45) is 5.41 Å². The second kappa shape index (κ2) is 14.1. The molecule has 4 rings (SSSR count). The number of benzene rings is 2. The summed E-state index contributed by atoms with van der Waals surface area (Å²) in [5.41, 5.74) is -1.30. The van der Waals surface area contributed by atoms with Crippen molar-refractivity contribution in [3.05, 3.63) is 77.2 Å². The lowest BCUT2D eigenvalue weighted by atomic mass is 9.72. The van der Waals surface area contributed by atoms with Gasteiger partial charge in [0, 0.05) is 19.2 Å². The number of hydrogen-bond acceptors (Lipinski definition) is 9. The molecule has 0 radical (unpaired) electrons. The van der Waals surface area contributed by atoms with Gasteiger partial charge in [-0.2, -0.15) is 23.4 Å². The molecule has 1 heterocycles. The van der Waals surface area contributed by atoms with Gasteiger partial charge in [-0.15, -0.1) is 0 Å². The number of pyridine rings is 1. The number of carbonyl (C=O) groups excluding carboxylic acids is 2. The van der Waals surface area contributed by atoms with Gasteiger partial charge in [0.1, 0.15) is 12.3 Å². The fourth-order valence-electron chi connectivity index (χ4n) is 5.17. The van der Waals surface area contributed by atoms with Crippen molar-refractivity contribution in [2.75, 3.05) is 25.2 Å². The summed E-state index contributed by atoms with van der Waals surface area (Å²) in [6, 6.07) is 14.7. The number of aromatic nitrogens is 1. The molecule has 1 aliphatic carbocycles. The van der Waals surface area contributed by atoms with Crippen LogP contribution >= 0.6 is 0 Å². The van der Waals surface area contributed by atoms with Crippen LogP contribution in [0.2, 0.25) is 0 Å². The van der Waals surface area contributed by atoms with Crippen LogP contribution in [0.25, 0.3) is 0 Å². The van der Waals surface area contributed by atoms with Crippen LogP contribution in [-0.4, -0.2) is 43.2 Å². The van der Waals surface area contributed by atoms with Crippen LogP contribution in [0.5, 0.6) is 17.4 Å². The molecule has 0 bridgehead atoms. The van der Waals surface area contributed by atoms with Gasteiger partial charge in [-0.05, 0) is 57.2 Å². The first-order chi connectivity index (χ1) is 21.1. The number of hydrogen-bond donors (Lipinski definition) is 0. The first kappa shape index (κ1) is 32.1. The lowest BCUT2D eigenvalue weighted by molar-refractivity contribution is -0.175. The first-order valence-electron chi connectivity index (χ1n) is 14.2. The number of nitrogens with zero attached hydrogens (tertiary/aromatic N) is 3. The highest BCUT2D eigenvalue weighted by molar-refractivity contribution is 6.00. The van der Waals surface area contributed by atoms with E-state index in [0.717, 1.165) is 5.56 Å². The third-order valence-electron chi connectivity index (χ3n) is 7.54. The normalized spacial score (nSPS) is 14.3. The quantitative estimate of drug-likeness (QED) is 0.141. The average Bonchev–Trinajstić information content (AvgIpc) is 3.03. The van der Waals surface area contributed by atoms with Crippen molar-refractivity contribution in [2.45, 2.75) is 52.2 Å². The van der Waals surface area contributed by atoms with Crippen molar-refractivity contribution < 1.29 is 41.7 Å². The van der Waals surface area contributed by atoms with Crippen LogP contribution in [0, 0.1) is 34.3 Å².